The molecule has 2 rings (SSSR count). The van der Waals surface area contributed by atoms with Crippen LogP contribution < -0.4 is 4.74 Å². The van der Waals surface area contributed by atoms with E-state index in [9.17, 15) is 0 Å². The minimum absolute atomic E-state index is 0.749. The summed E-state index contributed by atoms with van der Waals surface area (Å²) in [6, 6.07) is 11.9. The lowest BCUT2D eigenvalue weighted by Crippen LogP contribution is -2.13. The summed E-state index contributed by atoms with van der Waals surface area (Å²) in [5.41, 5.74) is 0. The minimum Gasteiger partial charge on any atom is -0.493 e. The predicted molar refractivity (Wildman–Crippen MR) is 97.5 cm³/mol. The molecule has 0 saturated carbocycles. The first-order chi connectivity index (χ1) is 11.8. The summed E-state index contributed by atoms with van der Waals surface area (Å²) in [7, 11) is 4.18. The molecule has 136 valence electrons. The lowest BCUT2D eigenvalue weighted by molar-refractivity contribution is -0.159. The van der Waals surface area contributed by atoms with Crippen molar-refractivity contribution in [1.82, 2.24) is 4.90 Å². The van der Waals surface area contributed by atoms with Crippen molar-refractivity contribution in [3.05, 3.63) is 41.4 Å². The van der Waals surface area contributed by atoms with Gasteiger partial charge in [-0.05, 0) is 45.6 Å². The molecule has 0 aliphatic carbocycles. The molecule has 0 unspecified atom stereocenters. The van der Waals surface area contributed by atoms with Gasteiger partial charge in [0.15, 0.2) is 0 Å². The summed E-state index contributed by atoms with van der Waals surface area (Å²) < 4.78 is 5.88. The van der Waals surface area contributed by atoms with Crippen LogP contribution in [0.3, 0.4) is 0 Å². The van der Waals surface area contributed by atoms with Crippen LogP contribution >= 0.6 is 11.6 Å². The van der Waals surface area contributed by atoms with Crippen molar-refractivity contribution >= 4 is 34.3 Å². The first-order valence-electron chi connectivity index (χ1n) is 7.74. The number of hydrogen-bond donors (Lipinski definition) is 2. The molecule has 0 fully saturated rings. The molecule has 0 amide bonds. The van der Waals surface area contributed by atoms with Crippen molar-refractivity contribution in [2.24, 2.45) is 0 Å². The molecule has 25 heavy (non-hydrogen) atoms. The molecule has 0 atom stereocenters. The number of nitrogens with zero attached hydrogens (tertiary/aromatic N) is 1. The zero-order chi connectivity index (χ0) is 18.8. The Balaban J connectivity index is 0.000000450. The second kappa shape index (κ2) is 10.5. The van der Waals surface area contributed by atoms with Crippen molar-refractivity contribution in [3.63, 3.8) is 0 Å². The molecule has 0 radical (unpaired) electrons. The van der Waals surface area contributed by atoms with Crippen LogP contribution in [0, 0.1) is 0 Å². The predicted octanol–water partition coefficient (Wildman–Crippen LogP) is 3.37. The van der Waals surface area contributed by atoms with Crippen LogP contribution in [0.2, 0.25) is 5.02 Å². The highest BCUT2D eigenvalue weighted by molar-refractivity contribution is 6.35. The highest BCUT2D eigenvalue weighted by Gasteiger charge is 2.05. The van der Waals surface area contributed by atoms with Gasteiger partial charge in [0, 0.05) is 15.8 Å². The molecule has 0 aromatic heterocycles. The monoisotopic (exact) mass is 367 g/mol. The number of unbranched alkanes of at least 4 members (excludes halogenated alkanes) is 1. The quantitative estimate of drug-likeness (QED) is 0.601. The summed E-state index contributed by atoms with van der Waals surface area (Å²) in [5, 5.41) is 17.7. The van der Waals surface area contributed by atoms with Gasteiger partial charge in [-0.15, -0.1) is 0 Å². The smallest absolute Gasteiger partial charge is 0.414 e. The van der Waals surface area contributed by atoms with Crippen LogP contribution in [-0.4, -0.2) is 54.3 Å². The van der Waals surface area contributed by atoms with Gasteiger partial charge < -0.3 is 19.8 Å². The molecule has 0 aliphatic heterocycles. The molecule has 2 N–H and O–H groups in total. The fourth-order valence-electron chi connectivity index (χ4n) is 2.07. The standard InChI is InChI=1S/C16H20ClNO.C2H2O4/c1-18(2)11-5-6-12-19-16-10-9-15(17)13-7-3-4-8-14(13)16;3-1(4)2(5)6/h3-4,7-10H,5-6,11-12H2,1-2H3;(H,3,4)(H,5,6). The molecule has 6 nitrogen and oxygen atoms in total. The first kappa shape index (κ1) is 20.7. The highest BCUT2D eigenvalue weighted by atomic mass is 35.5. The fourth-order valence-corrected chi connectivity index (χ4v) is 2.30. The maximum absolute atomic E-state index is 9.10. The number of hydrogen-bond acceptors (Lipinski definition) is 4. The van der Waals surface area contributed by atoms with Gasteiger partial charge in [-0.1, -0.05) is 35.9 Å². The lowest BCUT2D eigenvalue weighted by atomic mass is 10.1. The summed E-state index contributed by atoms with van der Waals surface area (Å²) in [5.74, 6) is -2.73. The van der Waals surface area contributed by atoms with Crippen LogP contribution in [0.15, 0.2) is 36.4 Å². The van der Waals surface area contributed by atoms with Crippen LogP contribution in [0.5, 0.6) is 5.75 Å². The summed E-state index contributed by atoms with van der Waals surface area (Å²) in [6.07, 6.45) is 2.22. The van der Waals surface area contributed by atoms with E-state index in [0.717, 1.165) is 47.5 Å². The van der Waals surface area contributed by atoms with Crippen molar-refractivity contribution in [2.75, 3.05) is 27.2 Å². The number of halogens is 1. The SMILES string of the molecule is CN(C)CCCCOc1ccc(Cl)c2ccccc12.O=C(O)C(=O)O. The topological polar surface area (TPSA) is 87.1 Å². The Labute approximate surface area is 151 Å². The number of fused-ring (bicyclic) bond motifs is 1. The fraction of sp³-hybridized carbons (Fsp3) is 0.333. The van der Waals surface area contributed by atoms with Gasteiger partial charge in [-0.2, -0.15) is 0 Å². The first-order valence-corrected chi connectivity index (χ1v) is 8.11. The van der Waals surface area contributed by atoms with Crippen molar-refractivity contribution in [2.45, 2.75) is 12.8 Å². The average Bonchev–Trinajstić information content (AvgIpc) is 2.57. The number of carboxylic acids is 2. The highest BCUT2D eigenvalue weighted by Crippen LogP contribution is 2.31. The number of rotatable bonds is 6. The van der Waals surface area contributed by atoms with E-state index < -0.39 is 11.9 Å². The Morgan fingerprint density at radius 2 is 1.60 bits per heavy atom. The van der Waals surface area contributed by atoms with E-state index in [1.165, 1.54) is 0 Å². The van der Waals surface area contributed by atoms with E-state index in [-0.39, 0.29) is 0 Å². The molecule has 0 heterocycles. The Bertz CT molecular complexity index is 706. The van der Waals surface area contributed by atoms with E-state index >= 15 is 0 Å². The van der Waals surface area contributed by atoms with E-state index in [1.54, 1.807) is 0 Å². The van der Waals surface area contributed by atoms with Crippen molar-refractivity contribution in [3.8, 4) is 5.75 Å². The minimum atomic E-state index is -1.82. The van der Waals surface area contributed by atoms with E-state index in [2.05, 4.69) is 25.1 Å². The maximum atomic E-state index is 9.10. The van der Waals surface area contributed by atoms with Crippen LogP contribution in [0.25, 0.3) is 10.8 Å². The zero-order valence-corrected chi connectivity index (χ0v) is 15.0. The number of carboxylic acid groups (broad SMARTS) is 2. The summed E-state index contributed by atoms with van der Waals surface area (Å²) in [6.45, 7) is 1.85. The third-order valence-corrected chi connectivity index (χ3v) is 3.60. The Hall–Kier alpha value is -2.31. The lowest BCUT2D eigenvalue weighted by Gasteiger charge is -2.12. The molecule has 0 aliphatic rings. The normalized spacial score (nSPS) is 10.2. The van der Waals surface area contributed by atoms with Crippen molar-refractivity contribution in [1.29, 1.82) is 0 Å². The van der Waals surface area contributed by atoms with Gasteiger partial charge in [0.1, 0.15) is 5.75 Å². The Kier molecular flexibility index (Phi) is 8.74. The summed E-state index contributed by atoms with van der Waals surface area (Å²) in [4.78, 5) is 20.4. The molecule has 0 bridgehead atoms. The number of aliphatic carboxylic acids is 2. The van der Waals surface area contributed by atoms with Crippen molar-refractivity contribution < 1.29 is 24.5 Å². The van der Waals surface area contributed by atoms with Crippen LogP contribution in [-0.2, 0) is 9.59 Å². The van der Waals surface area contributed by atoms with Gasteiger partial charge in [0.05, 0.1) is 6.61 Å². The third kappa shape index (κ3) is 7.41. The van der Waals surface area contributed by atoms with Crippen LogP contribution in [0.1, 0.15) is 12.8 Å². The molecule has 2 aromatic rings. The second-order valence-corrected chi connectivity index (χ2v) is 5.97. The molecular weight excluding hydrogens is 346 g/mol. The number of carbonyl (C=O) groups is 2. The largest absolute Gasteiger partial charge is 0.493 e. The molecule has 0 spiro atoms. The number of ether oxygens (including phenoxy) is 1. The third-order valence-electron chi connectivity index (χ3n) is 3.27. The van der Waals surface area contributed by atoms with Crippen LogP contribution in [0.4, 0.5) is 0 Å². The van der Waals surface area contributed by atoms with Gasteiger partial charge in [-0.3, -0.25) is 0 Å². The molecule has 7 heteroatoms. The molecular formula is C18H22ClNO5. The van der Waals surface area contributed by atoms with Gasteiger partial charge in [0.25, 0.3) is 0 Å². The van der Waals surface area contributed by atoms with E-state index in [0.29, 0.717) is 0 Å². The number of benzene rings is 2. The van der Waals surface area contributed by atoms with E-state index in [1.807, 2.05) is 30.3 Å². The zero-order valence-electron chi connectivity index (χ0n) is 14.2. The Morgan fingerprint density at radius 1 is 1.00 bits per heavy atom. The summed E-state index contributed by atoms with van der Waals surface area (Å²) >= 11 is 6.19. The second-order valence-electron chi connectivity index (χ2n) is 5.56. The van der Waals surface area contributed by atoms with Gasteiger partial charge >= 0.3 is 11.9 Å². The van der Waals surface area contributed by atoms with Gasteiger partial charge in [-0.25, -0.2) is 9.59 Å². The molecule has 2 aromatic carbocycles. The van der Waals surface area contributed by atoms with E-state index in [4.69, 9.17) is 36.1 Å². The van der Waals surface area contributed by atoms with Gasteiger partial charge in [0.2, 0.25) is 0 Å². The maximum Gasteiger partial charge on any atom is 0.414 e. The Morgan fingerprint density at radius 3 is 2.16 bits per heavy atom. The molecule has 0 saturated heterocycles. The average molecular weight is 368 g/mol.